The van der Waals surface area contributed by atoms with Gasteiger partial charge in [0.2, 0.25) is 0 Å². The fourth-order valence-electron chi connectivity index (χ4n) is 1.57. The highest BCUT2D eigenvalue weighted by Crippen LogP contribution is 2.12. The van der Waals surface area contributed by atoms with Crippen LogP contribution < -0.4 is 5.32 Å². The average Bonchev–Trinajstić information content (AvgIpc) is 2.21. The Labute approximate surface area is 73.3 Å². The van der Waals surface area contributed by atoms with E-state index in [9.17, 15) is 0 Å². The van der Waals surface area contributed by atoms with Gasteiger partial charge in [0.05, 0.1) is 6.04 Å². The third kappa shape index (κ3) is 1.52. The van der Waals surface area contributed by atoms with Crippen LogP contribution in [0.3, 0.4) is 0 Å². The van der Waals surface area contributed by atoms with Gasteiger partial charge in [0.15, 0.2) is 0 Å². The summed E-state index contributed by atoms with van der Waals surface area (Å²) in [5.74, 6) is 0. The molecule has 2 nitrogen and oxygen atoms in total. The van der Waals surface area contributed by atoms with Gasteiger partial charge < -0.3 is 10.2 Å². The Bertz CT molecular complexity index is 216. The smallest absolute Gasteiger partial charge is 0.0685 e. The van der Waals surface area contributed by atoms with Gasteiger partial charge in [0.1, 0.15) is 0 Å². The number of hydrogen-bond donors (Lipinski definition) is 1. The highest BCUT2D eigenvalue weighted by molar-refractivity contribution is 5.13. The molecule has 0 aromatic carbocycles. The molecule has 12 heavy (non-hydrogen) atoms. The monoisotopic (exact) mass is 162 g/mol. The van der Waals surface area contributed by atoms with Gasteiger partial charge in [-0.25, -0.2) is 0 Å². The molecule has 0 aliphatic carbocycles. The molecule has 0 aromatic heterocycles. The molecule has 0 fully saturated rings. The summed E-state index contributed by atoms with van der Waals surface area (Å²) in [7, 11) is 0. The molecule has 0 unspecified atom stereocenters. The summed E-state index contributed by atoms with van der Waals surface area (Å²) in [5, 5.41) is 3.04. The van der Waals surface area contributed by atoms with Gasteiger partial charge in [-0.3, -0.25) is 0 Å². The van der Waals surface area contributed by atoms with Crippen molar-refractivity contribution in [1.82, 2.24) is 10.2 Å². The first-order valence-corrected chi connectivity index (χ1v) is 4.48. The zero-order valence-corrected chi connectivity index (χ0v) is 7.11. The summed E-state index contributed by atoms with van der Waals surface area (Å²) in [6.45, 7) is 1.18. The Morgan fingerprint density at radius 1 is 1.25 bits per heavy atom. The highest BCUT2D eigenvalue weighted by Gasteiger charge is 2.11. The molecule has 64 valence electrons. The summed E-state index contributed by atoms with van der Waals surface area (Å²) in [4.78, 5) is 2.36. The topological polar surface area (TPSA) is 15.3 Å². The Morgan fingerprint density at radius 2 is 2.08 bits per heavy atom. The summed E-state index contributed by atoms with van der Waals surface area (Å²) in [5.41, 5.74) is 0. The number of nitrogens with zero attached hydrogens (tertiary/aromatic N) is 1. The molecule has 2 aliphatic rings. The lowest BCUT2D eigenvalue weighted by molar-refractivity contribution is 0.338. The molecule has 0 radical (unpaired) electrons. The van der Waals surface area contributed by atoms with Gasteiger partial charge in [0, 0.05) is 6.54 Å². The predicted molar refractivity (Wildman–Crippen MR) is 50.3 cm³/mol. The zero-order valence-electron chi connectivity index (χ0n) is 7.11. The first-order chi connectivity index (χ1) is 5.97. The highest BCUT2D eigenvalue weighted by atomic mass is 15.1. The van der Waals surface area contributed by atoms with Crippen molar-refractivity contribution < 1.29 is 0 Å². The van der Waals surface area contributed by atoms with Gasteiger partial charge in [-0.1, -0.05) is 6.08 Å². The molecule has 1 N–H and O–H groups in total. The second-order valence-corrected chi connectivity index (χ2v) is 3.14. The van der Waals surface area contributed by atoms with Gasteiger partial charge in [-0.2, -0.15) is 0 Å². The summed E-state index contributed by atoms with van der Waals surface area (Å²) in [6, 6.07) is 0.461. The molecule has 2 heterocycles. The van der Waals surface area contributed by atoms with Crippen molar-refractivity contribution in [2.45, 2.75) is 18.9 Å². The number of nitrogens with one attached hydrogen (secondary N) is 1. The molecule has 2 heteroatoms. The lowest BCUT2D eigenvalue weighted by Crippen LogP contribution is -2.31. The summed E-state index contributed by atoms with van der Waals surface area (Å²) >= 11 is 0. The van der Waals surface area contributed by atoms with E-state index in [0.29, 0.717) is 6.04 Å². The molecular weight excluding hydrogens is 148 g/mol. The van der Waals surface area contributed by atoms with E-state index in [2.05, 4.69) is 34.6 Å². The van der Waals surface area contributed by atoms with Gasteiger partial charge >= 0.3 is 0 Å². The third-order valence-electron chi connectivity index (χ3n) is 2.25. The van der Waals surface area contributed by atoms with Gasteiger partial charge in [0.25, 0.3) is 0 Å². The lowest BCUT2D eigenvalue weighted by atomic mass is 10.1. The molecule has 0 saturated heterocycles. The van der Waals surface area contributed by atoms with E-state index >= 15 is 0 Å². The van der Waals surface area contributed by atoms with Crippen LogP contribution in [0.2, 0.25) is 0 Å². The zero-order chi connectivity index (χ0) is 8.23. The normalized spacial score (nSPS) is 22.8. The van der Waals surface area contributed by atoms with Crippen molar-refractivity contribution in [3.05, 3.63) is 36.8 Å². The quantitative estimate of drug-likeness (QED) is 0.630. The third-order valence-corrected chi connectivity index (χ3v) is 2.25. The van der Waals surface area contributed by atoms with Gasteiger partial charge in [-0.15, -0.1) is 0 Å². The summed E-state index contributed by atoms with van der Waals surface area (Å²) in [6.07, 6.45) is 15.3. The fourth-order valence-corrected chi connectivity index (χ4v) is 1.57. The standard InChI is InChI=1S/C10H14N2/c1-2-8-12(9-3-1)10-4-6-11-7-5-10/h2,4-8,10-11H,1,3,9H2. The van der Waals surface area contributed by atoms with E-state index < -0.39 is 0 Å². The van der Waals surface area contributed by atoms with E-state index in [-0.39, 0.29) is 0 Å². The van der Waals surface area contributed by atoms with E-state index in [4.69, 9.17) is 0 Å². The van der Waals surface area contributed by atoms with E-state index in [1.165, 1.54) is 19.4 Å². The number of rotatable bonds is 1. The van der Waals surface area contributed by atoms with Crippen molar-refractivity contribution >= 4 is 0 Å². The van der Waals surface area contributed by atoms with Crippen LogP contribution in [0, 0.1) is 0 Å². The molecule has 0 bridgehead atoms. The van der Waals surface area contributed by atoms with Crippen LogP contribution in [-0.4, -0.2) is 17.5 Å². The average molecular weight is 162 g/mol. The first-order valence-electron chi connectivity index (χ1n) is 4.48. The number of allylic oxidation sites excluding steroid dienone is 1. The van der Waals surface area contributed by atoms with E-state index in [1.54, 1.807) is 0 Å². The first kappa shape index (κ1) is 7.47. The van der Waals surface area contributed by atoms with Crippen LogP contribution in [0.25, 0.3) is 0 Å². The molecule has 0 aromatic rings. The Hall–Kier alpha value is -1.18. The van der Waals surface area contributed by atoms with E-state index in [0.717, 1.165) is 0 Å². The van der Waals surface area contributed by atoms with Crippen molar-refractivity contribution in [3.63, 3.8) is 0 Å². The molecule has 2 aliphatic heterocycles. The van der Waals surface area contributed by atoms with Crippen LogP contribution in [0.15, 0.2) is 36.8 Å². The van der Waals surface area contributed by atoms with Crippen LogP contribution in [0.5, 0.6) is 0 Å². The minimum atomic E-state index is 0.461. The maximum atomic E-state index is 3.04. The minimum absolute atomic E-state index is 0.461. The number of hydrogen-bond acceptors (Lipinski definition) is 2. The minimum Gasteiger partial charge on any atom is -0.368 e. The van der Waals surface area contributed by atoms with Crippen molar-refractivity contribution in [2.24, 2.45) is 0 Å². The Kier molecular flexibility index (Phi) is 2.16. The molecule has 0 spiro atoms. The lowest BCUT2D eigenvalue weighted by Gasteiger charge is -2.29. The van der Waals surface area contributed by atoms with Crippen LogP contribution >= 0.6 is 0 Å². The van der Waals surface area contributed by atoms with Gasteiger partial charge in [-0.05, 0) is 43.6 Å². The Balaban J connectivity index is 2.02. The van der Waals surface area contributed by atoms with Crippen LogP contribution in [0.4, 0.5) is 0 Å². The molecule has 0 saturated carbocycles. The van der Waals surface area contributed by atoms with Crippen LogP contribution in [-0.2, 0) is 0 Å². The SMILES string of the molecule is C1=CN(C2C=CNC=C2)CCC1. The van der Waals surface area contributed by atoms with Crippen molar-refractivity contribution in [3.8, 4) is 0 Å². The molecular formula is C10H14N2. The maximum Gasteiger partial charge on any atom is 0.0685 e. The second kappa shape index (κ2) is 3.48. The molecule has 2 rings (SSSR count). The predicted octanol–water partition coefficient (Wildman–Crippen LogP) is 1.60. The maximum absolute atomic E-state index is 3.04. The van der Waals surface area contributed by atoms with Crippen LogP contribution in [0.1, 0.15) is 12.8 Å². The fraction of sp³-hybridized carbons (Fsp3) is 0.400. The molecule has 0 amide bonds. The summed E-state index contributed by atoms with van der Waals surface area (Å²) < 4.78 is 0. The van der Waals surface area contributed by atoms with Crippen molar-refractivity contribution in [2.75, 3.05) is 6.54 Å². The number of dihydropyridines is 1. The van der Waals surface area contributed by atoms with E-state index in [1.807, 2.05) is 12.4 Å². The largest absolute Gasteiger partial charge is 0.368 e. The van der Waals surface area contributed by atoms with Crippen molar-refractivity contribution in [1.29, 1.82) is 0 Å². The second-order valence-electron chi connectivity index (χ2n) is 3.14. The molecule has 0 atom stereocenters. The Morgan fingerprint density at radius 3 is 2.75 bits per heavy atom.